The Morgan fingerprint density at radius 3 is 2.51 bits per heavy atom. The third kappa shape index (κ3) is 7.47. The number of aromatic hydroxyl groups is 3. The minimum Gasteiger partial charge on any atom is -0.508 e. The Kier molecular flexibility index (Phi) is 10.9. The van der Waals surface area contributed by atoms with Crippen LogP contribution in [-0.2, 0) is 40.4 Å². The molecule has 7 heterocycles. The van der Waals surface area contributed by atoms with Gasteiger partial charge >= 0.3 is 12.1 Å². The fourth-order valence-electron chi connectivity index (χ4n) is 9.95. The minimum atomic E-state index is -1.41. The fourth-order valence-corrected chi connectivity index (χ4v) is 9.95. The molecule has 2 amide bonds. The van der Waals surface area contributed by atoms with Gasteiger partial charge in [0.25, 0.3) is 11.5 Å². The maximum Gasteiger partial charge on any atom is 0.410 e. The monoisotopic (exact) mass is 906 g/mol. The second-order valence-electron chi connectivity index (χ2n) is 17.8. The lowest BCUT2D eigenvalue weighted by atomic mass is 9.93. The Morgan fingerprint density at radius 2 is 1.75 bits per heavy atom. The predicted octanol–water partition coefficient (Wildman–Crippen LogP) is 7.22. The van der Waals surface area contributed by atoms with Crippen LogP contribution < -0.4 is 10.9 Å². The first kappa shape index (κ1) is 43.2. The molecule has 67 heavy (non-hydrogen) atoms. The Hall–Kier alpha value is -7.69. The number of likely N-dealkylation sites (tertiary alicyclic amines) is 1. The number of aryl methyl sites for hydroxylation is 2. The summed E-state index contributed by atoms with van der Waals surface area (Å²) >= 11 is 0. The Morgan fingerprint density at radius 1 is 0.940 bits per heavy atom. The molecule has 344 valence electrons. The number of phenols is 3. The summed E-state index contributed by atoms with van der Waals surface area (Å²) in [5.41, 5.74) is 6.50. The smallest absolute Gasteiger partial charge is 0.410 e. The molecule has 0 aliphatic carbocycles. The number of rotatable bonds is 10. The van der Waals surface area contributed by atoms with Crippen molar-refractivity contribution in [1.29, 1.82) is 0 Å². The molecule has 17 nitrogen and oxygen atoms in total. The number of pyridine rings is 2. The molecular formula is C50H50N8O9. The van der Waals surface area contributed by atoms with Crippen LogP contribution in [0.15, 0.2) is 71.7 Å². The van der Waals surface area contributed by atoms with Crippen LogP contribution in [0.5, 0.6) is 17.2 Å². The van der Waals surface area contributed by atoms with Gasteiger partial charge in [-0.3, -0.25) is 14.2 Å². The van der Waals surface area contributed by atoms with Gasteiger partial charge in [-0.2, -0.15) is 0 Å². The number of piperidine rings is 1. The quantitative estimate of drug-likeness (QED) is 0.100. The number of hydrogen-bond acceptors (Lipinski definition) is 12. The Balaban J connectivity index is 0.823. The number of hydrogen-bond donors (Lipinski definition) is 4. The highest BCUT2D eigenvalue weighted by atomic mass is 16.6. The van der Waals surface area contributed by atoms with Crippen LogP contribution in [0.4, 0.5) is 4.79 Å². The van der Waals surface area contributed by atoms with E-state index in [1.54, 1.807) is 44.4 Å². The van der Waals surface area contributed by atoms with Crippen molar-refractivity contribution in [3.05, 3.63) is 111 Å². The number of amides is 2. The molecule has 3 aromatic carbocycles. The van der Waals surface area contributed by atoms with Crippen molar-refractivity contribution in [1.82, 2.24) is 39.1 Å². The second-order valence-corrected chi connectivity index (χ2v) is 17.8. The van der Waals surface area contributed by atoms with E-state index in [2.05, 4.69) is 20.1 Å². The van der Waals surface area contributed by atoms with Gasteiger partial charge in [0.1, 0.15) is 23.9 Å². The molecule has 3 aliphatic rings. The zero-order valence-electron chi connectivity index (χ0n) is 37.6. The highest BCUT2D eigenvalue weighted by Gasteiger charge is 2.39. The van der Waals surface area contributed by atoms with E-state index in [-0.39, 0.29) is 59.1 Å². The van der Waals surface area contributed by atoms with Crippen LogP contribution in [-0.4, -0.2) is 86.7 Å². The van der Waals surface area contributed by atoms with Gasteiger partial charge in [0.05, 0.1) is 40.3 Å². The largest absolute Gasteiger partial charge is 0.508 e. The number of esters is 1. The van der Waals surface area contributed by atoms with Crippen LogP contribution in [0.1, 0.15) is 97.4 Å². The molecule has 0 unspecified atom stereocenters. The van der Waals surface area contributed by atoms with Gasteiger partial charge in [-0.1, -0.05) is 20.8 Å². The number of carbonyl (C=O) groups is 3. The summed E-state index contributed by atoms with van der Waals surface area (Å²) in [6.07, 6.45) is 2.94. The third-order valence-electron chi connectivity index (χ3n) is 13.5. The summed E-state index contributed by atoms with van der Waals surface area (Å²) in [7, 11) is 0. The maximum absolute atomic E-state index is 14.0. The standard InChI is InChI=1S/C50H50N8O9/c1-5-31-33-20-30(59)8-9-38(33)52-43-36(31)24-57-40(43)22-34-37(48(57)63)25-66-49(64)44(34)67-50(65)56-16-12-27(13-17-56)11-15-55-18-14-28-19-29(7-10-39(28)55)58-45(53-54-46(58)47(62)51-6-2)35-21-32(26(3)4)41(60)23-42(35)61/h7-10,14,18-23,26-27,44,59-61H,5-6,11-13,15-17,24-25H2,1-4H3,(H,51,62)/t44-/m0/s1. The number of ether oxygens (including phenoxy) is 2. The number of phenolic OH excluding ortho intramolecular Hbond substituents is 3. The van der Waals surface area contributed by atoms with E-state index < -0.39 is 24.1 Å². The molecule has 3 aliphatic heterocycles. The molecule has 1 saturated heterocycles. The molecular weight excluding hydrogens is 857 g/mol. The van der Waals surface area contributed by atoms with E-state index in [1.807, 2.05) is 58.2 Å². The first-order chi connectivity index (χ1) is 32.3. The van der Waals surface area contributed by atoms with Crippen molar-refractivity contribution >= 4 is 39.8 Å². The van der Waals surface area contributed by atoms with Gasteiger partial charge in [0.15, 0.2) is 5.82 Å². The van der Waals surface area contributed by atoms with Gasteiger partial charge in [-0.15, -0.1) is 10.2 Å². The molecule has 4 N–H and O–H groups in total. The van der Waals surface area contributed by atoms with E-state index in [4.69, 9.17) is 14.5 Å². The molecule has 0 saturated carbocycles. The summed E-state index contributed by atoms with van der Waals surface area (Å²) in [5, 5.41) is 44.8. The SMILES string of the molecule is CCNC(=O)c1nnc(-c2cc(C(C)C)c(O)cc2O)n1-c1ccc2c(ccn2CCC2CCN(C(=O)O[C@@H]3C(=O)OCc4c3cc3n(c4=O)Cc4c-3nc3ccc(O)cc3c4CC)CC2)c1. The maximum atomic E-state index is 14.0. The van der Waals surface area contributed by atoms with Crippen molar-refractivity contribution in [2.45, 2.75) is 85.1 Å². The van der Waals surface area contributed by atoms with Crippen LogP contribution in [0, 0.1) is 5.92 Å². The van der Waals surface area contributed by atoms with Gasteiger partial charge in [0, 0.05) is 65.9 Å². The van der Waals surface area contributed by atoms with E-state index >= 15 is 0 Å². The van der Waals surface area contributed by atoms with Crippen LogP contribution in [0.25, 0.3) is 50.3 Å². The summed E-state index contributed by atoms with van der Waals surface area (Å²) < 4.78 is 16.7. The van der Waals surface area contributed by atoms with E-state index in [1.165, 1.54) is 6.07 Å². The van der Waals surface area contributed by atoms with Gasteiger partial charge in [0.2, 0.25) is 11.9 Å². The van der Waals surface area contributed by atoms with Gasteiger partial charge in [-0.25, -0.2) is 14.6 Å². The highest BCUT2D eigenvalue weighted by molar-refractivity contribution is 5.93. The number of nitrogens with zero attached hydrogens (tertiary/aromatic N) is 7. The van der Waals surface area contributed by atoms with E-state index in [0.29, 0.717) is 71.3 Å². The zero-order valence-corrected chi connectivity index (χ0v) is 37.6. The van der Waals surface area contributed by atoms with E-state index in [9.17, 15) is 34.5 Å². The number of cyclic esters (lactones) is 1. The first-order valence-electron chi connectivity index (χ1n) is 22.8. The number of aromatic nitrogens is 6. The number of fused-ring (bicyclic) bond motifs is 6. The molecule has 17 heteroatoms. The molecule has 0 radical (unpaired) electrons. The lowest BCUT2D eigenvalue weighted by Gasteiger charge is -2.33. The van der Waals surface area contributed by atoms with Crippen LogP contribution in [0.2, 0.25) is 0 Å². The molecule has 10 rings (SSSR count). The lowest BCUT2D eigenvalue weighted by Crippen LogP contribution is -2.41. The summed E-state index contributed by atoms with van der Waals surface area (Å²) in [4.78, 5) is 60.6. The first-order valence-corrected chi connectivity index (χ1v) is 22.8. The van der Waals surface area contributed by atoms with Crippen molar-refractivity contribution in [2.75, 3.05) is 19.6 Å². The van der Waals surface area contributed by atoms with Crippen molar-refractivity contribution in [2.24, 2.45) is 5.92 Å². The average Bonchev–Trinajstić information content (AvgIpc) is 4.04. The van der Waals surface area contributed by atoms with E-state index in [0.717, 1.165) is 53.2 Å². The second kappa shape index (κ2) is 16.9. The highest BCUT2D eigenvalue weighted by Crippen LogP contribution is 2.41. The predicted molar refractivity (Wildman–Crippen MR) is 247 cm³/mol. The normalized spacial score (nSPS) is 15.7. The number of carbonyl (C=O) groups excluding carboxylic acids is 3. The number of nitrogens with one attached hydrogen (secondary N) is 1. The van der Waals surface area contributed by atoms with Crippen LogP contribution in [0.3, 0.4) is 0 Å². The molecule has 1 atom stereocenters. The topological polar surface area (TPSA) is 216 Å². The van der Waals surface area contributed by atoms with Crippen molar-refractivity contribution in [3.8, 4) is 45.7 Å². The van der Waals surface area contributed by atoms with Crippen molar-refractivity contribution < 1.29 is 39.2 Å². The Labute approximate surface area is 384 Å². The van der Waals surface area contributed by atoms with Crippen LogP contribution >= 0.6 is 0 Å². The fraction of sp³-hybridized carbons (Fsp3) is 0.340. The summed E-state index contributed by atoms with van der Waals surface area (Å²) in [6, 6.07) is 17.5. The lowest BCUT2D eigenvalue weighted by molar-refractivity contribution is -0.158. The van der Waals surface area contributed by atoms with Crippen molar-refractivity contribution in [3.63, 3.8) is 0 Å². The average molecular weight is 907 g/mol. The molecule has 0 bridgehead atoms. The molecule has 4 aromatic heterocycles. The molecule has 1 fully saturated rings. The van der Waals surface area contributed by atoms with Gasteiger partial charge < -0.3 is 44.1 Å². The Bertz CT molecular complexity index is 3230. The third-order valence-corrected chi connectivity index (χ3v) is 13.5. The summed E-state index contributed by atoms with van der Waals surface area (Å²) in [5.74, 6) is -0.671. The summed E-state index contributed by atoms with van der Waals surface area (Å²) in [6.45, 7) is 9.73. The molecule has 0 spiro atoms. The minimum absolute atomic E-state index is 0.0334. The number of benzene rings is 3. The van der Waals surface area contributed by atoms with Gasteiger partial charge in [-0.05, 0) is 110 Å². The molecule has 7 aromatic rings. The zero-order chi connectivity index (χ0) is 46.8.